The summed E-state index contributed by atoms with van der Waals surface area (Å²) in [4.78, 5) is 34.5. The van der Waals surface area contributed by atoms with Crippen molar-refractivity contribution in [3.05, 3.63) is 68.3 Å². The van der Waals surface area contributed by atoms with Crippen molar-refractivity contribution >= 4 is 51.0 Å². The van der Waals surface area contributed by atoms with Crippen LogP contribution in [0.2, 0.25) is 0 Å². The van der Waals surface area contributed by atoms with E-state index in [0.717, 1.165) is 26.2 Å². The number of hydrogen-bond donors (Lipinski definition) is 2. The Morgan fingerprint density at radius 1 is 1.03 bits per heavy atom. The van der Waals surface area contributed by atoms with Crippen molar-refractivity contribution in [2.24, 2.45) is 0 Å². The average molecular weight is 485 g/mol. The number of benzene rings is 1. The summed E-state index contributed by atoms with van der Waals surface area (Å²) in [5.74, 6) is 0.396. The van der Waals surface area contributed by atoms with Crippen molar-refractivity contribution in [1.82, 2.24) is 15.3 Å². The van der Waals surface area contributed by atoms with Crippen molar-refractivity contribution in [3.63, 3.8) is 0 Å². The van der Waals surface area contributed by atoms with E-state index in [1.54, 1.807) is 16.7 Å². The van der Waals surface area contributed by atoms with Crippen LogP contribution in [0.3, 0.4) is 0 Å². The van der Waals surface area contributed by atoms with Crippen LogP contribution in [-0.2, 0) is 17.9 Å². The molecule has 0 fully saturated rings. The van der Waals surface area contributed by atoms with E-state index >= 15 is 0 Å². The Bertz CT molecular complexity index is 1230. The van der Waals surface area contributed by atoms with Gasteiger partial charge in [0.05, 0.1) is 17.1 Å². The van der Waals surface area contributed by atoms with E-state index < -0.39 is 0 Å². The lowest BCUT2D eigenvalue weighted by atomic mass is 10.2. The first-order valence-corrected chi connectivity index (χ1v) is 12.3. The minimum Gasteiger partial charge on any atom is -0.486 e. The molecule has 0 unspecified atom stereocenters. The molecule has 10 heteroatoms. The number of amides is 2. The molecule has 2 N–H and O–H groups in total. The maximum Gasteiger partial charge on any atom is 0.276 e. The zero-order valence-electron chi connectivity index (χ0n) is 17.4. The molecule has 1 aromatic carbocycles. The van der Waals surface area contributed by atoms with Crippen LogP contribution < -0.4 is 15.4 Å². The number of rotatable bonds is 8. The number of hydrogen-bond acceptors (Lipinski definition) is 8. The summed E-state index contributed by atoms with van der Waals surface area (Å²) in [5.41, 5.74) is 2.29. The van der Waals surface area contributed by atoms with Crippen molar-refractivity contribution < 1.29 is 14.3 Å². The van der Waals surface area contributed by atoms with Crippen molar-refractivity contribution in [3.8, 4) is 16.3 Å². The number of ether oxygens (including phenoxy) is 1. The Morgan fingerprint density at radius 2 is 1.84 bits per heavy atom. The van der Waals surface area contributed by atoms with Gasteiger partial charge in [0.25, 0.3) is 5.91 Å². The van der Waals surface area contributed by atoms with Gasteiger partial charge in [0.15, 0.2) is 5.13 Å². The molecule has 2 amide bonds. The number of anilines is 1. The summed E-state index contributed by atoms with van der Waals surface area (Å²) in [6, 6.07) is 11.7. The molecular formula is C22H20N4O3S3. The number of aryl methyl sites for hydroxylation is 1. The molecule has 32 heavy (non-hydrogen) atoms. The van der Waals surface area contributed by atoms with Crippen LogP contribution >= 0.6 is 34.0 Å². The highest BCUT2D eigenvalue weighted by Crippen LogP contribution is 2.31. The summed E-state index contributed by atoms with van der Waals surface area (Å²) in [6.07, 6.45) is 0. The fourth-order valence-electron chi connectivity index (χ4n) is 2.69. The minimum atomic E-state index is -0.304. The fourth-order valence-corrected chi connectivity index (χ4v) is 5.06. The second kappa shape index (κ2) is 10.0. The lowest BCUT2D eigenvalue weighted by molar-refractivity contribution is -0.119. The smallest absolute Gasteiger partial charge is 0.276 e. The summed E-state index contributed by atoms with van der Waals surface area (Å²) < 4.78 is 5.73. The molecule has 0 saturated carbocycles. The normalized spacial score (nSPS) is 10.7. The zero-order chi connectivity index (χ0) is 22.5. The van der Waals surface area contributed by atoms with Crippen molar-refractivity contribution in [2.45, 2.75) is 27.0 Å². The maximum atomic E-state index is 12.6. The van der Waals surface area contributed by atoms with Gasteiger partial charge in [-0.2, -0.15) is 0 Å². The Hall–Kier alpha value is -3.08. The zero-order valence-corrected chi connectivity index (χ0v) is 19.8. The van der Waals surface area contributed by atoms with E-state index in [1.807, 2.05) is 48.7 Å². The van der Waals surface area contributed by atoms with Crippen LogP contribution in [-0.4, -0.2) is 21.8 Å². The van der Waals surface area contributed by atoms with E-state index in [9.17, 15) is 9.59 Å². The SMILES string of the molecule is CC(=O)NCc1ccc(-c2csc(NC(=O)c3csc(COc4ccc(C)cc4)n3)n2)s1. The molecular weight excluding hydrogens is 464 g/mol. The van der Waals surface area contributed by atoms with Crippen LogP contribution in [0.1, 0.15) is 32.9 Å². The van der Waals surface area contributed by atoms with Gasteiger partial charge >= 0.3 is 0 Å². The lowest BCUT2D eigenvalue weighted by Crippen LogP contribution is -2.17. The van der Waals surface area contributed by atoms with Crippen molar-refractivity contribution in [2.75, 3.05) is 5.32 Å². The third-order valence-electron chi connectivity index (χ3n) is 4.32. The number of thiophene rings is 1. The molecule has 3 heterocycles. The minimum absolute atomic E-state index is 0.0643. The van der Waals surface area contributed by atoms with E-state index in [2.05, 4.69) is 20.6 Å². The second-order valence-electron chi connectivity index (χ2n) is 6.90. The van der Waals surface area contributed by atoms with Gasteiger partial charge in [-0.3, -0.25) is 14.9 Å². The molecule has 164 valence electrons. The predicted molar refractivity (Wildman–Crippen MR) is 129 cm³/mol. The fraction of sp³-hybridized carbons (Fsp3) is 0.182. The molecule has 0 aliphatic rings. The highest BCUT2D eigenvalue weighted by atomic mass is 32.1. The summed E-state index contributed by atoms with van der Waals surface area (Å²) in [6.45, 7) is 4.31. The molecule has 0 aliphatic carbocycles. The highest BCUT2D eigenvalue weighted by molar-refractivity contribution is 7.17. The van der Waals surface area contributed by atoms with Gasteiger partial charge in [-0.25, -0.2) is 9.97 Å². The maximum absolute atomic E-state index is 12.6. The predicted octanol–water partition coefficient (Wildman–Crippen LogP) is 5.10. The Balaban J connectivity index is 1.33. The summed E-state index contributed by atoms with van der Waals surface area (Å²) >= 11 is 4.29. The van der Waals surface area contributed by atoms with E-state index in [-0.39, 0.29) is 11.8 Å². The lowest BCUT2D eigenvalue weighted by Gasteiger charge is -2.03. The van der Waals surface area contributed by atoms with Gasteiger partial charge in [0.2, 0.25) is 5.91 Å². The third kappa shape index (κ3) is 5.78. The van der Waals surface area contributed by atoms with Crippen molar-refractivity contribution in [1.29, 1.82) is 0 Å². The molecule has 4 rings (SSSR count). The second-order valence-corrected chi connectivity index (χ2v) is 9.87. The van der Waals surface area contributed by atoms with Gasteiger partial charge in [0, 0.05) is 22.6 Å². The Morgan fingerprint density at radius 3 is 2.62 bits per heavy atom. The number of thiazole rings is 2. The van der Waals surface area contributed by atoms with Gasteiger partial charge in [-0.15, -0.1) is 34.0 Å². The van der Waals surface area contributed by atoms with E-state index in [1.165, 1.54) is 35.2 Å². The number of carbonyl (C=O) groups excluding carboxylic acids is 2. The first kappa shape index (κ1) is 22.1. The third-order valence-corrected chi connectivity index (χ3v) is 7.01. The Kier molecular flexibility index (Phi) is 6.93. The first-order chi connectivity index (χ1) is 15.5. The monoisotopic (exact) mass is 484 g/mol. The number of aromatic nitrogens is 2. The number of carbonyl (C=O) groups is 2. The quantitative estimate of drug-likeness (QED) is 0.363. The van der Waals surface area contributed by atoms with Gasteiger partial charge < -0.3 is 10.1 Å². The molecule has 4 aromatic rings. The van der Waals surface area contributed by atoms with E-state index in [0.29, 0.717) is 24.0 Å². The topological polar surface area (TPSA) is 93.2 Å². The Labute approximate surface area is 197 Å². The number of nitrogens with zero attached hydrogens (tertiary/aromatic N) is 2. The molecule has 0 atom stereocenters. The summed E-state index contributed by atoms with van der Waals surface area (Å²) in [7, 11) is 0. The highest BCUT2D eigenvalue weighted by Gasteiger charge is 2.14. The molecule has 0 spiro atoms. The molecule has 0 bridgehead atoms. The van der Waals surface area contributed by atoms with E-state index in [4.69, 9.17) is 4.74 Å². The molecule has 3 aromatic heterocycles. The molecule has 0 radical (unpaired) electrons. The van der Waals surface area contributed by atoms with Crippen LogP contribution in [0.4, 0.5) is 5.13 Å². The first-order valence-electron chi connectivity index (χ1n) is 9.70. The summed E-state index contributed by atoms with van der Waals surface area (Å²) in [5, 5.41) is 10.4. The van der Waals surface area contributed by atoms with Crippen LogP contribution in [0, 0.1) is 6.92 Å². The molecule has 0 saturated heterocycles. The molecule has 0 aliphatic heterocycles. The van der Waals surface area contributed by atoms with Gasteiger partial charge in [-0.05, 0) is 31.2 Å². The van der Waals surface area contributed by atoms with Crippen LogP contribution in [0.25, 0.3) is 10.6 Å². The number of nitrogens with one attached hydrogen (secondary N) is 2. The largest absolute Gasteiger partial charge is 0.486 e. The standard InChI is InChI=1S/C22H20N4O3S3/c1-13-3-5-15(6-4-13)29-10-20-24-18(12-30-20)21(28)26-22-25-17(11-31-22)19-8-7-16(32-19)9-23-14(2)27/h3-8,11-12H,9-10H2,1-2H3,(H,23,27)(H,25,26,28). The average Bonchev–Trinajstić information content (AvgIpc) is 3.52. The van der Waals surface area contributed by atoms with Crippen LogP contribution in [0.15, 0.2) is 47.2 Å². The van der Waals surface area contributed by atoms with Gasteiger partial charge in [0.1, 0.15) is 23.1 Å². The molecule has 7 nitrogen and oxygen atoms in total. The van der Waals surface area contributed by atoms with Gasteiger partial charge in [-0.1, -0.05) is 17.7 Å². The van der Waals surface area contributed by atoms with Crippen LogP contribution in [0.5, 0.6) is 5.75 Å².